The smallest absolute Gasteiger partial charge is 0.206 e. The lowest BCUT2D eigenvalue weighted by Gasteiger charge is -2.08. The molecule has 0 aliphatic carbocycles. The maximum atomic E-state index is 12.9. The van der Waals surface area contributed by atoms with Crippen LogP contribution in [0, 0.1) is 5.82 Å². The molecule has 1 aromatic rings. The van der Waals surface area contributed by atoms with Gasteiger partial charge in [0.25, 0.3) is 0 Å². The van der Waals surface area contributed by atoms with E-state index in [9.17, 15) is 17.6 Å². The molecule has 76 valence electrons. The molecule has 0 aliphatic heterocycles. The summed E-state index contributed by atoms with van der Waals surface area (Å²) in [6.07, 6.45) is -4.65. The molecule has 0 fully saturated rings. The van der Waals surface area contributed by atoms with Crippen molar-refractivity contribution in [2.24, 2.45) is 0 Å². The van der Waals surface area contributed by atoms with E-state index in [4.69, 9.17) is 12.2 Å². The largest absolute Gasteiger partial charge is 0.419 e. The Kier molecular flexibility index (Phi) is 2.89. The highest BCUT2D eigenvalue weighted by Gasteiger charge is 2.33. The van der Waals surface area contributed by atoms with Crippen LogP contribution in [0.3, 0.4) is 0 Å². The van der Waals surface area contributed by atoms with Gasteiger partial charge >= 0.3 is 6.18 Å². The lowest BCUT2D eigenvalue weighted by Crippen LogP contribution is -2.08. The predicted molar refractivity (Wildman–Crippen MR) is 48.8 cm³/mol. The van der Waals surface area contributed by atoms with Crippen LogP contribution >= 0.6 is 12.2 Å². The Morgan fingerprint density at radius 2 is 1.86 bits per heavy atom. The summed E-state index contributed by atoms with van der Waals surface area (Å²) in [6, 6.07) is 2.65. The summed E-state index contributed by atoms with van der Waals surface area (Å²) >= 11 is 4.71. The first kappa shape index (κ1) is 11.1. The third-order valence-corrected chi connectivity index (χ3v) is 1.92. The third-order valence-electron chi connectivity index (χ3n) is 1.68. The lowest BCUT2D eigenvalue weighted by molar-refractivity contribution is -0.140. The minimum Gasteiger partial charge on any atom is -0.206 e. The summed E-state index contributed by atoms with van der Waals surface area (Å²) < 4.78 is 49.3. The molecule has 0 aromatic heterocycles. The van der Waals surface area contributed by atoms with Gasteiger partial charge in [0, 0.05) is 4.86 Å². The molecule has 0 atom stereocenters. The summed E-state index contributed by atoms with van der Waals surface area (Å²) in [7, 11) is 0. The van der Waals surface area contributed by atoms with Gasteiger partial charge < -0.3 is 0 Å². The molecule has 0 spiro atoms. The first-order valence-corrected chi connectivity index (χ1v) is 4.11. The van der Waals surface area contributed by atoms with E-state index >= 15 is 0 Å². The van der Waals surface area contributed by atoms with Crippen LogP contribution < -0.4 is 0 Å². The lowest BCUT2D eigenvalue weighted by atomic mass is 10.1. The fourth-order valence-electron chi connectivity index (χ4n) is 0.964. The van der Waals surface area contributed by atoms with Gasteiger partial charge in [-0.2, -0.15) is 13.2 Å². The average Bonchev–Trinajstić information content (AvgIpc) is 2.01. The number of hydrogen-bond donors (Lipinski definition) is 0. The predicted octanol–water partition coefficient (Wildman–Crippen LogP) is 3.58. The van der Waals surface area contributed by atoms with Crippen LogP contribution in [-0.4, -0.2) is 4.86 Å². The molecule has 0 radical (unpaired) electrons. The number of alkyl halides is 3. The van der Waals surface area contributed by atoms with E-state index in [0.717, 1.165) is 12.1 Å². The Labute approximate surface area is 83.5 Å². The summed E-state index contributed by atoms with van der Waals surface area (Å²) in [6.45, 7) is 1.53. The third kappa shape index (κ3) is 2.29. The zero-order valence-corrected chi connectivity index (χ0v) is 7.97. The zero-order chi connectivity index (χ0) is 10.9. The molecule has 14 heavy (non-hydrogen) atoms. The van der Waals surface area contributed by atoms with Crippen molar-refractivity contribution in [2.45, 2.75) is 13.1 Å². The van der Waals surface area contributed by atoms with Gasteiger partial charge in [-0.05, 0) is 24.6 Å². The first-order chi connectivity index (χ1) is 6.32. The Bertz CT molecular complexity index is 368. The van der Waals surface area contributed by atoms with Crippen molar-refractivity contribution >= 4 is 17.1 Å². The first-order valence-electron chi connectivity index (χ1n) is 3.70. The van der Waals surface area contributed by atoms with Crippen molar-refractivity contribution in [3.63, 3.8) is 0 Å². The molecule has 1 aromatic carbocycles. The number of hydrogen-bond acceptors (Lipinski definition) is 1. The second kappa shape index (κ2) is 3.65. The van der Waals surface area contributed by atoms with Crippen LogP contribution in [0.2, 0.25) is 0 Å². The number of benzene rings is 1. The van der Waals surface area contributed by atoms with Crippen LogP contribution in [0.4, 0.5) is 17.6 Å². The maximum absolute atomic E-state index is 12.9. The van der Waals surface area contributed by atoms with Crippen molar-refractivity contribution in [2.75, 3.05) is 0 Å². The maximum Gasteiger partial charge on any atom is 0.419 e. The van der Waals surface area contributed by atoms with Gasteiger partial charge in [-0.25, -0.2) is 4.39 Å². The van der Waals surface area contributed by atoms with Crippen LogP contribution in [0.15, 0.2) is 18.2 Å². The quantitative estimate of drug-likeness (QED) is 0.397. The molecular formula is C9H6F4S. The highest BCUT2D eigenvalue weighted by molar-refractivity contribution is 7.80. The van der Waals surface area contributed by atoms with E-state index in [1.165, 1.54) is 6.92 Å². The van der Waals surface area contributed by atoms with Gasteiger partial charge in [-0.15, -0.1) is 0 Å². The Morgan fingerprint density at radius 1 is 1.29 bits per heavy atom. The van der Waals surface area contributed by atoms with E-state index < -0.39 is 17.6 Å². The second-order valence-electron chi connectivity index (χ2n) is 2.75. The molecule has 0 bridgehead atoms. The topological polar surface area (TPSA) is 0 Å². The summed E-state index contributed by atoms with van der Waals surface area (Å²) in [5, 5.41) is 0. The molecular weight excluding hydrogens is 216 g/mol. The standard InChI is InChI=1S/C9H6F4S/c1-5(14)6-2-3-7(8(10)4-6)9(11,12)13/h2-4H,1H3. The highest BCUT2D eigenvalue weighted by Crippen LogP contribution is 2.31. The molecule has 0 saturated heterocycles. The molecule has 1 rings (SSSR count). The second-order valence-corrected chi connectivity index (χ2v) is 3.36. The van der Waals surface area contributed by atoms with Crippen molar-refractivity contribution in [3.05, 3.63) is 35.1 Å². The van der Waals surface area contributed by atoms with Crippen LogP contribution in [0.25, 0.3) is 0 Å². The molecule has 0 N–H and O–H groups in total. The number of rotatable bonds is 1. The van der Waals surface area contributed by atoms with E-state index in [2.05, 4.69) is 0 Å². The monoisotopic (exact) mass is 222 g/mol. The molecule has 0 nitrogen and oxygen atoms in total. The van der Waals surface area contributed by atoms with E-state index in [0.29, 0.717) is 16.5 Å². The van der Waals surface area contributed by atoms with Gasteiger partial charge in [-0.1, -0.05) is 18.3 Å². The van der Waals surface area contributed by atoms with E-state index in [1.54, 1.807) is 0 Å². The van der Waals surface area contributed by atoms with Crippen molar-refractivity contribution in [1.29, 1.82) is 0 Å². The Hall–Kier alpha value is -0.970. The van der Waals surface area contributed by atoms with Crippen molar-refractivity contribution in [1.82, 2.24) is 0 Å². The van der Waals surface area contributed by atoms with Gasteiger partial charge in [-0.3, -0.25) is 0 Å². The van der Waals surface area contributed by atoms with Gasteiger partial charge in [0.1, 0.15) is 5.82 Å². The number of halogens is 4. The molecule has 0 unspecified atom stereocenters. The fraction of sp³-hybridized carbons (Fsp3) is 0.222. The Balaban J connectivity index is 3.21. The molecule has 0 aliphatic rings. The highest BCUT2D eigenvalue weighted by atomic mass is 32.1. The minimum atomic E-state index is -4.65. The van der Waals surface area contributed by atoms with Crippen LogP contribution in [0.5, 0.6) is 0 Å². The molecule has 0 amide bonds. The average molecular weight is 222 g/mol. The molecule has 5 heteroatoms. The van der Waals surface area contributed by atoms with E-state index in [-0.39, 0.29) is 0 Å². The van der Waals surface area contributed by atoms with Crippen LogP contribution in [-0.2, 0) is 6.18 Å². The van der Waals surface area contributed by atoms with Crippen molar-refractivity contribution in [3.8, 4) is 0 Å². The summed E-state index contributed by atoms with van der Waals surface area (Å²) in [5.41, 5.74) is -0.969. The summed E-state index contributed by atoms with van der Waals surface area (Å²) in [4.78, 5) is 0.359. The molecule has 0 saturated carbocycles. The Morgan fingerprint density at radius 3 is 2.21 bits per heavy atom. The number of thiocarbonyl (C=S) groups is 1. The summed E-state index contributed by atoms with van der Waals surface area (Å²) in [5.74, 6) is -1.29. The SMILES string of the molecule is CC(=S)c1ccc(C(F)(F)F)c(F)c1. The van der Waals surface area contributed by atoms with Gasteiger partial charge in [0.2, 0.25) is 0 Å². The normalized spacial score (nSPS) is 11.5. The fourth-order valence-corrected chi connectivity index (χ4v) is 1.09. The van der Waals surface area contributed by atoms with E-state index in [1.807, 2.05) is 0 Å². The van der Waals surface area contributed by atoms with Gasteiger partial charge in [0.05, 0.1) is 5.56 Å². The van der Waals surface area contributed by atoms with Gasteiger partial charge in [0.15, 0.2) is 0 Å². The zero-order valence-electron chi connectivity index (χ0n) is 7.15. The van der Waals surface area contributed by atoms with Crippen LogP contribution in [0.1, 0.15) is 18.1 Å². The van der Waals surface area contributed by atoms with Crippen molar-refractivity contribution < 1.29 is 17.6 Å². The molecule has 0 heterocycles. The minimum absolute atomic E-state index is 0.297.